The summed E-state index contributed by atoms with van der Waals surface area (Å²) in [6.07, 6.45) is -0.768. The second kappa shape index (κ2) is 5.21. The quantitative estimate of drug-likeness (QED) is 0.870. The molecule has 0 aliphatic carbocycles. The molecule has 1 fully saturated rings. The summed E-state index contributed by atoms with van der Waals surface area (Å²) in [5, 5.41) is 10.0. The molecule has 7 heteroatoms. The minimum Gasteiger partial charge on any atom is -0.478 e. The van der Waals surface area contributed by atoms with Crippen LogP contribution in [0.25, 0.3) is 0 Å². The lowest BCUT2D eigenvalue weighted by atomic mass is 10.2. The van der Waals surface area contributed by atoms with Crippen molar-refractivity contribution in [2.24, 2.45) is 0 Å². The van der Waals surface area contributed by atoms with Crippen molar-refractivity contribution in [1.82, 2.24) is 0 Å². The molecule has 1 atom stereocenters. The number of hydrogen-bond acceptors (Lipinski definition) is 6. The number of hydrogen-bond donors (Lipinski definition) is 1. The highest BCUT2D eigenvalue weighted by atomic mass is 17.4. The monoisotopic (exact) mass is 291 g/mol. The van der Waals surface area contributed by atoms with Crippen LogP contribution in [0.3, 0.4) is 0 Å². The molecular weight excluding hydrogens is 278 g/mol. The molecule has 1 saturated heterocycles. The maximum absolute atomic E-state index is 11.0. The molecule has 0 radical (unpaired) electrons. The van der Waals surface area contributed by atoms with Crippen LogP contribution in [-0.2, 0) is 14.7 Å². The molecule has 21 heavy (non-hydrogen) atoms. The molecule has 0 saturated carbocycles. The van der Waals surface area contributed by atoms with E-state index in [1.807, 2.05) is 6.92 Å². The molecule has 1 aliphatic heterocycles. The Labute approximate surface area is 120 Å². The van der Waals surface area contributed by atoms with Crippen LogP contribution >= 0.6 is 0 Å². The Morgan fingerprint density at radius 3 is 2.76 bits per heavy atom. The van der Waals surface area contributed by atoms with Gasteiger partial charge in [-0.25, -0.2) is 9.63 Å². The van der Waals surface area contributed by atoms with Gasteiger partial charge in [-0.15, -0.1) is 0 Å². The van der Waals surface area contributed by atoms with E-state index in [4.69, 9.17) is 24.2 Å². The maximum Gasteiger partial charge on any atom is 0.335 e. The third-order valence-electron chi connectivity index (χ3n) is 3.03. The number of aryl methyl sites for hydroxylation is 2. The molecule has 1 aromatic heterocycles. The van der Waals surface area contributed by atoms with Crippen LogP contribution in [-0.4, -0.2) is 11.1 Å². The van der Waals surface area contributed by atoms with Gasteiger partial charge in [0.05, 0.1) is 16.8 Å². The minimum absolute atomic E-state index is 0.124. The first kappa shape index (κ1) is 13.6. The first-order valence-corrected chi connectivity index (χ1v) is 6.25. The molecule has 0 spiro atoms. The van der Waals surface area contributed by atoms with Crippen molar-refractivity contribution in [2.75, 3.05) is 5.23 Å². The number of furan rings is 1. The van der Waals surface area contributed by atoms with Crippen LogP contribution in [0.15, 0.2) is 34.7 Å². The smallest absolute Gasteiger partial charge is 0.335 e. The SMILES string of the molecule is Cc1cc(C2OON(c3cccc(C(=O)O)c3)O2)c(C)o1. The molecule has 110 valence electrons. The van der Waals surface area contributed by atoms with E-state index in [9.17, 15) is 4.79 Å². The summed E-state index contributed by atoms with van der Waals surface area (Å²) in [7, 11) is 0. The van der Waals surface area contributed by atoms with Gasteiger partial charge in [-0.05, 0) is 38.1 Å². The molecule has 2 heterocycles. The van der Waals surface area contributed by atoms with Gasteiger partial charge in [-0.2, -0.15) is 4.89 Å². The van der Waals surface area contributed by atoms with Crippen LogP contribution in [0.5, 0.6) is 0 Å². The Kier molecular flexibility index (Phi) is 3.38. The average molecular weight is 291 g/mol. The van der Waals surface area contributed by atoms with Crippen LogP contribution in [0.1, 0.15) is 33.7 Å². The third kappa shape index (κ3) is 2.62. The van der Waals surface area contributed by atoms with Gasteiger partial charge in [0.25, 0.3) is 6.29 Å². The zero-order valence-electron chi connectivity index (χ0n) is 11.4. The van der Waals surface area contributed by atoms with Crippen LogP contribution in [0.4, 0.5) is 5.69 Å². The van der Waals surface area contributed by atoms with Gasteiger partial charge in [-0.1, -0.05) is 16.3 Å². The van der Waals surface area contributed by atoms with Crippen LogP contribution in [0, 0.1) is 13.8 Å². The summed E-state index contributed by atoms with van der Waals surface area (Å²) in [6.45, 7) is 3.61. The maximum atomic E-state index is 11.0. The molecule has 1 aliphatic rings. The van der Waals surface area contributed by atoms with E-state index in [0.717, 1.165) is 11.0 Å². The normalized spacial score (nSPS) is 18.2. The van der Waals surface area contributed by atoms with Gasteiger partial charge in [0.15, 0.2) is 0 Å². The number of carboxylic acids is 1. The molecule has 0 amide bonds. The van der Waals surface area contributed by atoms with Crippen molar-refractivity contribution in [3.8, 4) is 0 Å². The van der Waals surface area contributed by atoms with Gasteiger partial charge in [-0.3, -0.25) is 0 Å². The van der Waals surface area contributed by atoms with Crippen molar-refractivity contribution >= 4 is 11.7 Å². The predicted octanol–water partition coefficient (Wildman–Crippen LogP) is 2.91. The van der Waals surface area contributed by atoms with E-state index < -0.39 is 12.3 Å². The Bertz CT molecular complexity index is 680. The van der Waals surface area contributed by atoms with Gasteiger partial charge in [0, 0.05) is 0 Å². The summed E-state index contributed by atoms with van der Waals surface area (Å²) in [6, 6.07) is 7.92. The van der Waals surface area contributed by atoms with Gasteiger partial charge < -0.3 is 9.52 Å². The van der Waals surface area contributed by atoms with Crippen LogP contribution in [0.2, 0.25) is 0 Å². The zero-order chi connectivity index (χ0) is 15.0. The highest BCUT2D eigenvalue weighted by Gasteiger charge is 2.32. The van der Waals surface area contributed by atoms with E-state index in [2.05, 4.69) is 0 Å². The fourth-order valence-electron chi connectivity index (χ4n) is 2.05. The summed E-state index contributed by atoms with van der Waals surface area (Å²) in [5.41, 5.74) is 1.25. The number of rotatable bonds is 3. The Hall–Kier alpha value is -2.35. The van der Waals surface area contributed by atoms with Gasteiger partial charge >= 0.3 is 5.97 Å². The summed E-state index contributed by atoms with van der Waals surface area (Å²) >= 11 is 0. The number of nitrogens with zero attached hydrogens (tertiary/aromatic N) is 1. The van der Waals surface area contributed by atoms with Crippen molar-refractivity contribution in [2.45, 2.75) is 20.1 Å². The summed E-state index contributed by atoms with van der Waals surface area (Å²) in [5.74, 6) is 0.373. The van der Waals surface area contributed by atoms with Crippen molar-refractivity contribution in [1.29, 1.82) is 0 Å². The minimum atomic E-state index is -1.03. The largest absolute Gasteiger partial charge is 0.478 e. The lowest BCUT2D eigenvalue weighted by Gasteiger charge is -2.11. The van der Waals surface area contributed by atoms with E-state index in [-0.39, 0.29) is 5.56 Å². The highest BCUT2D eigenvalue weighted by molar-refractivity contribution is 5.88. The van der Waals surface area contributed by atoms with Gasteiger partial charge in [0.2, 0.25) is 0 Å². The molecular formula is C14H13NO6. The number of carboxylic acid groups (broad SMARTS) is 1. The first-order chi connectivity index (χ1) is 10.0. The fourth-order valence-corrected chi connectivity index (χ4v) is 2.05. The third-order valence-corrected chi connectivity index (χ3v) is 3.03. The molecule has 1 unspecified atom stereocenters. The summed E-state index contributed by atoms with van der Waals surface area (Å²) < 4.78 is 5.41. The van der Waals surface area contributed by atoms with Gasteiger partial charge in [0.1, 0.15) is 11.5 Å². The van der Waals surface area contributed by atoms with Crippen molar-refractivity contribution in [3.63, 3.8) is 0 Å². The fraction of sp³-hybridized carbons (Fsp3) is 0.214. The van der Waals surface area contributed by atoms with Crippen molar-refractivity contribution in [3.05, 3.63) is 53.0 Å². The molecule has 3 rings (SSSR count). The standard InChI is InChI=1S/C14H13NO6/c1-8-6-12(9(2)18-8)14-19-15(21-20-14)11-5-3-4-10(7-11)13(16)17/h3-7,14H,1-2H3,(H,16,17). The predicted molar refractivity (Wildman–Crippen MR) is 70.1 cm³/mol. The number of carbonyl (C=O) groups is 1. The van der Waals surface area contributed by atoms with Crippen molar-refractivity contribution < 1.29 is 29.0 Å². The zero-order valence-corrected chi connectivity index (χ0v) is 11.4. The first-order valence-electron chi connectivity index (χ1n) is 6.25. The Balaban J connectivity index is 1.79. The Morgan fingerprint density at radius 1 is 1.29 bits per heavy atom. The van der Waals surface area contributed by atoms with E-state index >= 15 is 0 Å². The number of aromatic carboxylic acids is 1. The summed E-state index contributed by atoms with van der Waals surface area (Å²) in [4.78, 5) is 26.5. The van der Waals surface area contributed by atoms with E-state index in [1.165, 1.54) is 12.1 Å². The van der Waals surface area contributed by atoms with E-state index in [0.29, 0.717) is 17.0 Å². The lowest BCUT2D eigenvalue weighted by molar-refractivity contribution is -0.286. The molecule has 2 aromatic rings. The molecule has 1 N–H and O–H groups in total. The number of benzene rings is 1. The second-order valence-electron chi connectivity index (χ2n) is 4.59. The topological polar surface area (TPSA) is 81.4 Å². The van der Waals surface area contributed by atoms with E-state index in [1.54, 1.807) is 25.1 Å². The second-order valence-corrected chi connectivity index (χ2v) is 4.59. The average Bonchev–Trinajstić information content (AvgIpc) is 3.05. The molecule has 1 aromatic carbocycles. The lowest BCUT2D eigenvalue weighted by Crippen LogP contribution is -2.15. The molecule has 0 bridgehead atoms. The highest BCUT2D eigenvalue weighted by Crippen LogP contribution is 2.34. The Morgan fingerprint density at radius 2 is 2.10 bits per heavy atom. The van der Waals surface area contributed by atoms with Crippen LogP contribution < -0.4 is 5.23 Å². The number of anilines is 1. The molecule has 7 nitrogen and oxygen atoms in total.